The van der Waals surface area contributed by atoms with Gasteiger partial charge in [0.25, 0.3) is 5.69 Å². The maximum atomic E-state index is 11.9. The maximum absolute atomic E-state index is 11.9. The summed E-state index contributed by atoms with van der Waals surface area (Å²) in [6.45, 7) is 3.41. The van der Waals surface area contributed by atoms with Gasteiger partial charge in [-0.2, -0.15) is 5.10 Å². The summed E-state index contributed by atoms with van der Waals surface area (Å²) in [5.74, 6) is -1.77. The number of carbonyl (C=O) groups excluding carboxylic acids is 2. The number of amides is 2. The monoisotopic (exact) mass is 418 g/mol. The minimum Gasteiger partial charge on any atom is -0.317 e. The molecule has 2 amide bonds. The largest absolute Gasteiger partial charge is 0.329 e. The minimum atomic E-state index is -0.923. The SMILES string of the molecule is C/C(=N\NC(=O)C(=O)Nc1ccc(Br)cc1C)c1ccc([N+](=O)[O-])cc1. The van der Waals surface area contributed by atoms with Crippen LogP contribution in [0.25, 0.3) is 0 Å². The molecule has 134 valence electrons. The van der Waals surface area contributed by atoms with E-state index in [2.05, 4.69) is 31.8 Å². The van der Waals surface area contributed by atoms with Gasteiger partial charge in [-0.05, 0) is 55.3 Å². The first-order valence-electron chi connectivity index (χ1n) is 7.44. The number of nitro benzene ring substituents is 1. The van der Waals surface area contributed by atoms with E-state index in [-0.39, 0.29) is 5.69 Å². The highest BCUT2D eigenvalue weighted by Gasteiger charge is 2.14. The van der Waals surface area contributed by atoms with Gasteiger partial charge in [0, 0.05) is 22.3 Å². The summed E-state index contributed by atoms with van der Waals surface area (Å²) in [6, 6.07) is 10.9. The van der Waals surface area contributed by atoms with Gasteiger partial charge in [0.1, 0.15) is 0 Å². The van der Waals surface area contributed by atoms with Crippen molar-refractivity contribution >= 4 is 44.8 Å². The van der Waals surface area contributed by atoms with Crippen molar-refractivity contribution in [2.24, 2.45) is 5.10 Å². The van der Waals surface area contributed by atoms with E-state index in [0.29, 0.717) is 17.0 Å². The summed E-state index contributed by atoms with van der Waals surface area (Å²) in [4.78, 5) is 33.9. The number of hydrazone groups is 1. The van der Waals surface area contributed by atoms with E-state index in [1.807, 2.05) is 6.07 Å². The van der Waals surface area contributed by atoms with Gasteiger partial charge in [-0.1, -0.05) is 15.9 Å². The molecule has 0 atom stereocenters. The quantitative estimate of drug-likeness (QED) is 0.343. The van der Waals surface area contributed by atoms with Gasteiger partial charge in [0.15, 0.2) is 0 Å². The summed E-state index contributed by atoms with van der Waals surface area (Å²) in [7, 11) is 0. The summed E-state index contributed by atoms with van der Waals surface area (Å²) in [6.07, 6.45) is 0. The van der Waals surface area contributed by atoms with E-state index < -0.39 is 16.7 Å². The highest BCUT2D eigenvalue weighted by atomic mass is 79.9. The summed E-state index contributed by atoms with van der Waals surface area (Å²) in [5, 5.41) is 17.0. The van der Waals surface area contributed by atoms with Crippen molar-refractivity contribution in [3.05, 3.63) is 68.2 Å². The number of nitro groups is 1. The lowest BCUT2D eigenvalue weighted by Crippen LogP contribution is -2.33. The topological polar surface area (TPSA) is 114 Å². The molecule has 0 saturated heterocycles. The summed E-state index contributed by atoms with van der Waals surface area (Å²) in [5.41, 5.74) is 4.42. The first kappa shape index (κ1) is 19.3. The van der Waals surface area contributed by atoms with Crippen LogP contribution in [0.4, 0.5) is 11.4 Å². The van der Waals surface area contributed by atoms with Crippen molar-refractivity contribution in [2.75, 3.05) is 5.32 Å². The molecule has 2 N–H and O–H groups in total. The minimum absolute atomic E-state index is 0.0465. The van der Waals surface area contributed by atoms with Crippen LogP contribution in [0.3, 0.4) is 0 Å². The number of non-ortho nitro benzene ring substituents is 1. The molecule has 2 aromatic rings. The van der Waals surface area contributed by atoms with Crippen molar-refractivity contribution in [1.29, 1.82) is 0 Å². The Hall–Kier alpha value is -3.07. The molecule has 0 bridgehead atoms. The normalized spacial score (nSPS) is 11.0. The Morgan fingerprint density at radius 2 is 1.77 bits per heavy atom. The highest BCUT2D eigenvalue weighted by Crippen LogP contribution is 2.19. The third-order valence-electron chi connectivity index (χ3n) is 3.46. The second-order valence-electron chi connectivity index (χ2n) is 5.36. The number of hydrogen-bond donors (Lipinski definition) is 2. The first-order valence-corrected chi connectivity index (χ1v) is 8.24. The number of carbonyl (C=O) groups is 2. The highest BCUT2D eigenvalue weighted by molar-refractivity contribution is 9.10. The van der Waals surface area contributed by atoms with Crippen molar-refractivity contribution < 1.29 is 14.5 Å². The van der Waals surface area contributed by atoms with Crippen LogP contribution in [-0.2, 0) is 9.59 Å². The third kappa shape index (κ3) is 4.96. The van der Waals surface area contributed by atoms with Crippen LogP contribution >= 0.6 is 15.9 Å². The number of benzene rings is 2. The third-order valence-corrected chi connectivity index (χ3v) is 3.96. The van der Waals surface area contributed by atoms with Gasteiger partial charge < -0.3 is 5.32 Å². The Kier molecular flexibility index (Phi) is 6.18. The first-order chi connectivity index (χ1) is 12.3. The second-order valence-corrected chi connectivity index (χ2v) is 6.27. The van der Waals surface area contributed by atoms with Gasteiger partial charge in [-0.15, -0.1) is 0 Å². The Bertz CT molecular complexity index is 894. The molecule has 0 spiro atoms. The fourth-order valence-electron chi connectivity index (χ4n) is 2.02. The predicted octanol–water partition coefficient (Wildman–Crippen LogP) is 3.14. The van der Waals surface area contributed by atoms with Crippen LogP contribution in [0, 0.1) is 17.0 Å². The van der Waals surface area contributed by atoms with E-state index in [1.165, 1.54) is 24.3 Å². The zero-order valence-electron chi connectivity index (χ0n) is 13.9. The molecule has 0 aliphatic rings. The molecule has 0 aromatic heterocycles. The van der Waals surface area contributed by atoms with Crippen LogP contribution in [0.1, 0.15) is 18.1 Å². The summed E-state index contributed by atoms with van der Waals surface area (Å²) >= 11 is 3.32. The lowest BCUT2D eigenvalue weighted by atomic mass is 10.1. The molecular weight excluding hydrogens is 404 g/mol. The van der Waals surface area contributed by atoms with Gasteiger partial charge in [-0.25, -0.2) is 5.43 Å². The van der Waals surface area contributed by atoms with Gasteiger partial charge in [0.05, 0.1) is 10.6 Å². The van der Waals surface area contributed by atoms with Gasteiger partial charge in [0.2, 0.25) is 0 Å². The van der Waals surface area contributed by atoms with Gasteiger partial charge >= 0.3 is 11.8 Å². The number of rotatable bonds is 4. The molecule has 9 heteroatoms. The van der Waals surface area contributed by atoms with E-state index in [4.69, 9.17) is 0 Å². The Morgan fingerprint density at radius 3 is 2.35 bits per heavy atom. The molecule has 8 nitrogen and oxygen atoms in total. The fourth-order valence-corrected chi connectivity index (χ4v) is 2.50. The molecule has 26 heavy (non-hydrogen) atoms. The van der Waals surface area contributed by atoms with Crippen LogP contribution in [0.15, 0.2) is 52.0 Å². The van der Waals surface area contributed by atoms with Crippen LogP contribution in [0.2, 0.25) is 0 Å². The molecule has 2 rings (SSSR count). The molecule has 0 saturated carbocycles. The number of hydrogen-bond acceptors (Lipinski definition) is 5. The van der Waals surface area contributed by atoms with E-state index in [1.54, 1.807) is 26.0 Å². The molecule has 0 radical (unpaired) electrons. The maximum Gasteiger partial charge on any atom is 0.329 e. The number of aryl methyl sites for hydroxylation is 1. The average molecular weight is 419 g/mol. The standard InChI is InChI=1S/C17H15BrN4O4/c1-10-9-13(18)5-8-15(10)19-16(23)17(24)21-20-11(2)12-3-6-14(7-4-12)22(25)26/h3-9H,1-2H3,(H,19,23)(H,21,24)/b20-11+. The molecular formula is C17H15BrN4O4. The van der Waals surface area contributed by atoms with Crippen molar-refractivity contribution in [3.8, 4) is 0 Å². The summed E-state index contributed by atoms with van der Waals surface area (Å²) < 4.78 is 0.862. The fraction of sp³-hybridized carbons (Fsp3) is 0.118. The molecule has 2 aromatic carbocycles. The number of nitrogens with one attached hydrogen (secondary N) is 2. The Balaban J connectivity index is 2.00. The lowest BCUT2D eigenvalue weighted by molar-refractivity contribution is -0.384. The molecule has 0 unspecified atom stereocenters. The lowest BCUT2D eigenvalue weighted by Gasteiger charge is -2.08. The number of halogens is 1. The van der Waals surface area contributed by atoms with Crippen molar-refractivity contribution in [1.82, 2.24) is 5.43 Å². The van der Waals surface area contributed by atoms with Gasteiger partial charge in [-0.3, -0.25) is 19.7 Å². The van der Waals surface area contributed by atoms with Crippen LogP contribution < -0.4 is 10.7 Å². The van der Waals surface area contributed by atoms with Crippen molar-refractivity contribution in [2.45, 2.75) is 13.8 Å². The van der Waals surface area contributed by atoms with E-state index >= 15 is 0 Å². The average Bonchev–Trinajstić information content (AvgIpc) is 2.61. The predicted molar refractivity (Wildman–Crippen MR) is 101 cm³/mol. The van der Waals surface area contributed by atoms with Crippen LogP contribution in [-0.4, -0.2) is 22.4 Å². The molecule has 0 heterocycles. The van der Waals surface area contributed by atoms with Crippen molar-refractivity contribution in [3.63, 3.8) is 0 Å². The zero-order chi connectivity index (χ0) is 19.3. The number of anilines is 1. The van der Waals surface area contributed by atoms with E-state index in [9.17, 15) is 19.7 Å². The second kappa shape index (κ2) is 8.34. The van der Waals surface area contributed by atoms with E-state index in [0.717, 1.165) is 10.0 Å². The van der Waals surface area contributed by atoms with Crippen LogP contribution in [0.5, 0.6) is 0 Å². The molecule has 0 fully saturated rings. The molecule has 0 aliphatic heterocycles. The Morgan fingerprint density at radius 1 is 1.12 bits per heavy atom. The Labute approximate surface area is 157 Å². The number of nitrogens with zero attached hydrogens (tertiary/aromatic N) is 2. The molecule has 0 aliphatic carbocycles. The zero-order valence-corrected chi connectivity index (χ0v) is 15.5. The smallest absolute Gasteiger partial charge is 0.317 e.